The molecule has 1 unspecified atom stereocenters. The van der Waals surface area contributed by atoms with Crippen LogP contribution in [0.5, 0.6) is 0 Å². The predicted molar refractivity (Wildman–Crippen MR) is 90.6 cm³/mol. The largest absolute Gasteiger partial charge is 0.454 e. The van der Waals surface area contributed by atoms with Crippen molar-refractivity contribution >= 4 is 11.4 Å². The molecular weight excluding hydrogens is 327 g/mol. The van der Waals surface area contributed by atoms with Crippen LogP contribution >= 0.6 is 0 Å². The highest BCUT2D eigenvalue weighted by atomic mass is 19.4. The van der Waals surface area contributed by atoms with Gasteiger partial charge in [0.05, 0.1) is 5.57 Å². The lowest BCUT2D eigenvalue weighted by Crippen LogP contribution is -2.35. The molecule has 0 N–H and O–H groups in total. The average Bonchev–Trinajstić information content (AvgIpc) is 2.59. The van der Waals surface area contributed by atoms with E-state index in [4.69, 9.17) is 0 Å². The van der Waals surface area contributed by atoms with Gasteiger partial charge < -0.3 is 4.90 Å². The Balaban J connectivity index is 2.00. The van der Waals surface area contributed by atoms with E-state index in [9.17, 15) is 18.0 Å². The summed E-state index contributed by atoms with van der Waals surface area (Å²) < 4.78 is 39.2. The van der Waals surface area contributed by atoms with Gasteiger partial charge in [0, 0.05) is 18.8 Å². The maximum atomic E-state index is 13.1. The standard InChI is InChI=1S/C20H18F3NO/c1-14-11-16-9-5-6-10-17(16)12-24(14)13-18(19(25)20(21,22)23)15-7-3-2-4-8-15/h2-10,13-14H,11-12H2,1H3/b18-13-. The Labute approximate surface area is 144 Å². The van der Waals surface area contributed by atoms with Crippen LogP contribution < -0.4 is 0 Å². The van der Waals surface area contributed by atoms with E-state index in [1.807, 2.05) is 36.1 Å². The zero-order chi connectivity index (χ0) is 18.0. The number of hydrogen-bond donors (Lipinski definition) is 0. The molecule has 0 amide bonds. The second kappa shape index (κ2) is 6.75. The maximum Gasteiger partial charge on any atom is 0.454 e. The smallest absolute Gasteiger partial charge is 0.369 e. The van der Waals surface area contributed by atoms with Crippen LogP contribution in [0.2, 0.25) is 0 Å². The number of fused-ring (bicyclic) bond motifs is 1. The topological polar surface area (TPSA) is 20.3 Å². The highest BCUT2D eigenvalue weighted by Crippen LogP contribution is 2.30. The summed E-state index contributed by atoms with van der Waals surface area (Å²) >= 11 is 0. The summed E-state index contributed by atoms with van der Waals surface area (Å²) in [4.78, 5) is 13.8. The molecule has 0 aliphatic carbocycles. The third-order valence-corrected chi connectivity index (χ3v) is 4.43. The minimum Gasteiger partial charge on any atom is -0.369 e. The van der Waals surface area contributed by atoms with Gasteiger partial charge in [-0.2, -0.15) is 13.2 Å². The fraction of sp³-hybridized carbons (Fsp3) is 0.250. The van der Waals surface area contributed by atoms with Crippen molar-refractivity contribution in [3.05, 3.63) is 77.5 Å². The molecule has 1 heterocycles. The van der Waals surface area contributed by atoms with Gasteiger partial charge in [0.1, 0.15) is 0 Å². The minimum absolute atomic E-state index is 0.00893. The third-order valence-electron chi connectivity index (χ3n) is 4.43. The molecule has 0 spiro atoms. The first-order valence-corrected chi connectivity index (χ1v) is 8.07. The van der Waals surface area contributed by atoms with Crippen molar-refractivity contribution in [1.29, 1.82) is 0 Å². The molecule has 1 atom stereocenters. The fourth-order valence-electron chi connectivity index (χ4n) is 3.07. The molecule has 1 aliphatic rings. The summed E-state index contributed by atoms with van der Waals surface area (Å²) in [6.07, 6.45) is -2.81. The summed E-state index contributed by atoms with van der Waals surface area (Å²) in [5, 5.41) is 0. The maximum absolute atomic E-state index is 13.1. The monoisotopic (exact) mass is 345 g/mol. The Bertz CT molecular complexity index is 796. The third kappa shape index (κ3) is 3.76. The van der Waals surface area contributed by atoms with Gasteiger partial charge in [-0.1, -0.05) is 54.6 Å². The Hall–Kier alpha value is -2.56. The van der Waals surface area contributed by atoms with Crippen LogP contribution in [0, 0.1) is 0 Å². The Morgan fingerprint density at radius 2 is 1.64 bits per heavy atom. The van der Waals surface area contributed by atoms with Gasteiger partial charge in [0.15, 0.2) is 0 Å². The summed E-state index contributed by atoms with van der Waals surface area (Å²) in [5.41, 5.74) is 2.22. The lowest BCUT2D eigenvalue weighted by Gasteiger charge is -2.34. The Kier molecular flexibility index (Phi) is 4.66. The second-order valence-electron chi connectivity index (χ2n) is 6.23. The highest BCUT2D eigenvalue weighted by Gasteiger charge is 2.41. The molecule has 2 aromatic rings. The molecule has 2 aromatic carbocycles. The highest BCUT2D eigenvalue weighted by molar-refractivity contribution is 6.23. The van der Waals surface area contributed by atoms with E-state index in [0.717, 1.165) is 12.0 Å². The number of benzene rings is 2. The van der Waals surface area contributed by atoms with Crippen molar-refractivity contribution in [2.45, 2.75) is 32.1 Å². The SMILES string of the molecule is CC1Cc2ccccc2CN1/C=C(\C(=O)C(F)(F)F)c1ccccc1. The first-order chi connectivity index (χ1) is 11.9. The van der Waals surface area contributed by atoms with Gasteiger partial charge in [-0.05, 0) is 30.0 Å². The molecule has 0 bridgehead atoms. The first kappa shape index (κ1) is 17.3. The van der Waals surface area contributed by atoms with E-state index < -0.39 is 12.0 Å². The molecule has 25 heavy (non-hydrogen) atoms. The van der Waals surface area contributed by atoms with Crippen molar-refractivity contribution in [1.82, 2.24) is 4.90 Å². The Morgan fingerprint density at radius 3 is 2.28 bits per heavy atom. The fourth-order valence-corrected chi connectivity index (χ4v) is 3.07. The van der Waals surface area contributed by atoms with Crippen molar-refractivity contribution in [3.8, 4) is 0 Å². The van der Waals surface area contributed by atoms with E-state index in [0.29, 0.717) is 6.54 Å². The van der Waals surface area contributed by atoms with Crippen molar-refractivity contribution in [2.75, 3.05) is 0 Å². The summed E-state index contributed by atoms with van der Waals surface area (Å²) in [7, 11) is 0. The first-order valence-electron chi connectivity index (χ1n) is 8.07. The summed E-state index contributed by atoms with van der Waals surface area (Å²) in [6, 6.07) is 15.9. The zero-order valence-corrected chi connectivity index (χ0v) is 13.8. The van der Waals surface area contributed by atoms with Gasteiger partial charge >= 0.3 is 6.18 Å². The summed E-state index contributed by atoms with van der Waals surface area (Å²) in [6.45, 7) is 2.44. The van der Waals surface area contributed by atoms with Crippen molar-refractivity contribution in [3.63, 3.8) is 0 Å². The lowest BCUT2D eigenvalue weighted by atomic mass is 9.94. The molecule has 3 rings (SSSR count). The molecule has 0 fully saturated rings. The average molecular weight is 345 g/mol. The number of carbonyl (C=O) groups excluding carboxylic acids is 1. The van der Waals surface area contributed by atoms with E-state index in [2.05, 4.69) is 0 Å². The molecule has 0 aromatic heterocycles. The number of halogens is 3. The number of nitrogens with zero attached hydrogens (tertiary/aromatic N) is 1. The van der Waals surface area contributed by atoms with Crippen LogP contribution in [0.3, 0.4) is 0 Å². The van der Waals surface area contributed by atoms with Crippen molar-refractivity contribution in [2.24, 2.45) is 0 Å². The number of allylic oxidation sites excluding steroid dienone is 1. The van der Waals surface area contributed by atoms with Crippen LogP contribution in [0.25, 0.3) is 5.57 Å². The molecule has 130 valence electrons. The zero-order valence-electron chi connectivity index (χ0n) is 13.8. The van der Waals surface area contributed by atoms with Gasteiger partial charge in [0.2, 0.25) is 0 Å². The normalized spacial score (nSPS) is 18.0. The van der Waals surface area contributed by atoms with E-state index >= 15 is 0 Å². The van der Waals surface area contributed by atoms with Crippen molar-refractivity contribution < 1.29 is 18.0 Å². The Morgan fingerprint density at radius 1 is 1.04 bits per heavy atom. The van der Waals surface area contributed by atoms with E-state index in [1.54, 1.807) is 18.2 Å². The summed E-state index contributed by atoms with van der Waals surface area (Å²) in [5.74, 6) is -1.82. The molecule has 0 radical (unpaired) electrons. The number of hydrogen-bond acceptors (Lipinski definition) is 2. The van der Waals surface area contributed by atoms with Crippen LogP contribution in [-0.4, -0.2) is 22.9 Å². The minimum atomic E-state index is -4.90. The lowest BCUT2D eigenvalue weighted by molar-refractivity contribution is -0.164. The van der Waals surface area contributed by atoms with E-state index in [1.165, 1.54) is 23.9 Å². The molecule has 1 aliphatic heterocycles. The van der Waals surface area contributed by atoms with Gasteiger partial charge in [0.25, 0.3) is 5.78 Å². The molecule has 2 nitrogen and oxygen atoms in total. The van der Waals surface area contributed by atoms with Gasteiger partial charge in [-0.25, -0.2) is 0 Å². The van der Waals surface area contributed by atoms with E-state index in [-0.39, 0.29) is 17.2 Å². The van der Waals surface area contributed by atoms with Gasteiger partial charge in [-0.3, -0.25) is 4.79 Å². The number of rotatable bonds is 3. The molecule has 5 heteroatoms. The predicted octanol–water partition coefficient (Wildman–Crippen LogP) is 4.61. The van der Waals surface area contributed by atoms with Crippen LogP contribution in [0.1, 0.15) is 23.6 Å². The number of Topliss-reactive ketones (excluding diaryl/α,β-unsaturated/α-hetero) is 1. The number of ketones is 1. The van der Waals surface area contributed by atoms with Gasteiger partial charge in [-0.15, -0.1) is 0 Å². The van der Waals surface area contributed by atoms with Crippen LogP contribution in [0.15, 0.2) is 60.8 Å². The molecular formula is C20H18F3NO. The number of carbonyl (C=O) groups is 1. The van der Waals surface area contributed by atoms with Crippen LogP contribution in [-0.2, 0) is 17.8 Å². The number of alkyl halides is 3. The quantitative estimate of drug-likeness (QED) is 0.758. The second-order valence-corrected chi connectivity index (χ2v) is 6.23. The van der Waals surface area contributed by atoms with Crippen LogP contribution in [0.4, 0.5) is 13.2 Å². The molecule has 0 saturated heterocycles. The molecule has 0 saturated carbocycles.